The van der Waals surface area contributed by atoms with Gasteiger partial charge >= 0.3 is 0 Å². The van der Waals surface area contributed by atoms with Gasteiger partial charge in [-0.2, -0.15) is 0 Å². The molecule has 0 heterocycles. The van der Waals surface area contributed by atoms with Crippen molar-refractivity contribution in [1.82, 2.24) is 5.32 Å². The van der Waals surface area contributed by atoms with Gasteiger partial charge in [-0.15, -0.1) is 0 Å². The second-order valence-electron chi connectivity index (χ2n) is 4.43. The highest BCUT2D eigenvalue weighted by molar-refractivity contribution is 5.81. The second kappa shape index (κ2) is 5.22. The van der Waals surface area contributed by atoms with Crippen molar-refractivity contribution < 1.29 is 11.0 Å². The predicted octanol–water partition coefficient (Wildman–Crippen LogP) is 1.82. The van der Waals surface area contributed by atoms with Crippen LogP contribution in [-0.2, 0) is 9.53 Å². The van der Waals surface area contributed by atoms with Crippen LogP contribution in [-0.4, -0.2) is 25.2 Å². The standard InChI is InChI=1S/C10H21NO2.H2/c1-8(2)13-7-6-11-9(12)10(3,4)5;/h8H,6-7H2,1-5H3,(H,11,12);1H. The zero-order valence-corrected chi connectivity index (χ0v) is 9.31. The van der Waals surface area contributed by atoms with Gasteiger partial charge in [-0.05, 0) is 13.8 Å². The Morgan fingerprint density at radius 1 is 1.46 bits per heavy atom. The summed E-state index contributed by atoms with van der Waals surface area (Å²) in [6.45, 7) is 10.8. The molecule has 0 atom stereocenters. The van der Waals surface area contributed by atoms with E-state index in [1.54, 1.807) is 0 Å². The summed E-state index contributed by atoms with van der Waals surface area (Å²) in [4.78, 5) is 11.3. The first-order valence-corrected chi connectivity index (χ1v) is 4.74. The smallest absolute Gasteiger partial charge is 0.225 e. The Labute approximate surface area is 82.3 Å². The fourth-order valence-electron chi connectivity index (χ4n) is 0.724. The summed E-state index contributed by atoms with van der Waals surface area (Å²) < 4.78 is 5.29. The zero-order valence-electron chi connectivity index (χ0n) is 9.31. The van der Waals surface area contributed by atoms with E-state index < -0.39 is 0 Å². The van der Waals surface area contributed by atoms with Gasteiger partial charge in [-0.25, -0.2) is 0 Å². The van der Waals surface area contributed by atoms with Crippen LogP contribution in [0.5, 0.6) is 0 Å². The van der Waals surface area contributed by atoms with Crippen molar-refractivity contribution in [2.45, 2.75) is 40.7 Å². The number of nitrogens with one attached hydrogen (secondary N) is 1. The Morgan fingerprint density at radius 2 is 2.00 bits per heavy atom. The molecule has 0 saturated carbocycles. The van der Waals surface area contributed by atoms with Crippen LogP contribution in [0.2, 0.25) is 0 Å². The van der Waals surface area contributed by atoms with E-state index >= 15 is 0 Å². The number of ether oxygens (including phenoxy) is 1. The lowest BCUT2D eigenvalue weighted by atomic mass is 9.96. The van der Waals surface area contributed by atoms with E-state index in [2.05, 4.69) is 5.32 Å². The Balaban J connectivity index is 0. The third kappa shape index (κ3) is 6.58. The topological polar surface area (TPSA) is 38.3 Å². The fourth-order valence-corrected chi connectivity index (χ4v) is 0.724. The molecule has 0 rings (SSSR count). The SMILES string of the molecule is CC(C)OCCNC(=O)C(C)(C)C.[HH]. The number of carbonyl (C=O) groups is 1. The van der Waals surface area contributed by atoms with Crippen LogP contribution in [0.1, 0.15) is 36.0 Å². The van der Waals surface area contributed by atoms with Gasteiger partial charge in [0.15, 0.2) is 0 Å². The summed E-state index contributed by atoms with van der Waals surface area (Å²) in [5.74, 6) is 0.0693. The summed E-state index contributed by atoms with van der Waals surface area (Å²) >= 11 is 0. The zero-order chi connectivity index (χ0) is 10.5. The quantitative estimate of drug-likeness (QED) is 0.685. The van der Waals surface area contributed by atoms with Gasteiger partial charge in [0.2, 0.25) is 5.91 Å². The van der Waals surface area contributed by atoms with E-state index in [4.69, 9.17) is 4.74 Å². The number of amides is 1. The number of hydrogen-bond acceptors (Lipinski definition) is 2. The summed E-state index contributed by atoms with van der Waals surface area (Å²) in [5.41, 5.74) is -0.308. The Kier molecular flexibility index (Phi) is 4.99. The van der Waals surface area contributed by atoms with Gasteiger partial charge < -0.3 is 10.1 Å². The lowest BCUT2D eigenvalue weighted by Crippen LogP contribution is -2.36. The van der Waals surface area contributed by atoms with Crippen LogP contribution < -0.4 is 5.32 Å². The van der Waals surface area contributed by atoms with Crippen LogP contribution in [0, 0.1) is 5.41 Å². The summed E-state index contributed by atoms with van der Waals surface area (Å²) in [6, 6.07) is 0. The number of rotatable bonds is 4. The van der Waals surface area contributed by atoms with Crippen LogP contribution in [0.4, 0.5) is 0 Å². The third-order valence-electron chi connectivity index (χ3n) is 1.52. The van der Waals surface area contributed by atoms with E-state index in [-0.39, 0.29) is 18.9 Å². The van der Waals surface area contributed by atoms with E-state index in [9.17, 15) is 4.79 Å². The molecule has 3 nitrogen and oxygen atoms in total. The Bertz CT molecular complexity index is 164. The van der Waals surface area contributed by atoms with Crippen molar-refractivity contribution in [2.24, 2.45) is 5.41 Å². The van der Waals surface area contributed by atoms with Crippen LogP contribution in [0.25, 0.3) is 0 Å². The molecule has 1 N–H and O–H groups in total. The molecule has 3 heteroatoms. The van der Waals surface area contributed by atoms with Gasteiger partial charge in [0.1, 0.15) is 0 Å². The highest BCUT2D eigenvalue weighted by atomic mass is 16.5. The predicted molar refractivity (Wildman–Crippen MR) is 55.7 cm³/mol. The average molecular weight is 189 g/mol. The van der Waals surface area contributed by atoms with Gasteiger partial charge in [0.05, 0.1) is 12.7 Å². The first kappa shape index (κ1) is 12.4. The van der Waals surface area contributed by atoms with Gasteiger partial charge in [0, 0.05) is 13.4 Å². The molecule has 0 aliphatic heterocycles. The first-order valence-electron chi connectivity index (χ1n) is 4.74. The van der Waals surface area contributed by atoms with E-state index in [0.29, 0.717) is 13.2 Å². The molecule has 80 valence electrons. The van der Waals surface area contributed by atoms with Crippen molar-refractivity contribution in [3.63, 3.8) is 0 Å². The molecule has 0 unspecified atom stereocenters. The monoisotopic (exact) mass is 189 g/mol. The third-order valence-corrected chi connectivity index (χ3v) is 1.52. The summed E-state index contributed by atoms with van der Waals surface area (Å²) in [7, 11) is 0. The lowest BCUT2D eigenvalue weighted by Gasteiger charge is -2.17. The normalized spacial score (nSPS) is 11.8. The average Bonchev–Trinajstić information content (AvgIpc) is 1.95. The van der Waals surface area contributed by atoms with E-state index in [0.717, 1.165) is 0 Å². The Hall–Kier alpha value is -0.570. The molecule has 0 aromatic heterocycles. The second-order valence-corrected chi connectivity index (χ2v) is 4.43. The minimum absolute atomic E-state index is 0. The van der Waals surface area contributed by atoms with Crippen molar-refractivity contribution in [3.8, 4) is 0 Å². The van der Waals surface area contributed by atoms with E-state index in [1.165, 1.54) is 0 Å². The van der Waals surface area contributed by atoms with Crippen molar-refractivity contribution in [1.29, 1.82) is 0 Å². The van der Waals surface area contributed by atoms with Crippen molar-refractivity contribution >= 4 is 5.91 Å². The highest BCUT2D eigenvalue weighted by Crippen LogP contribution is 2.11. The summed E-state index contributed by atoms with van der Waals surface area (Å²) in [5, 5.41) is 2.81. The number of carbonyl (C=O) groups excluding carboxylic acids is 1. The highest BCUT2D eigenvalue weighted by Gasteiger charge is 2.20. The molecular formula is C10H23NO2. The van der Waals surface area contributed by atoms with Crippen LogP contribution in [0.15, 0.2) is 0 Å². The van der Waals surface area contributed by atoms with Crippen molar-refractivity contribution in [3.05, 3.63) is 0 Å². The Morgan fingerprint density at radius 3 is 2.38 bits per heavy atom. The lowest BCUT2D eigenvalue weighted by molar-refractivity contribution is -0.128. The molecule has 0 radical (unpaired) electrons. The minimum atomic E-state index is -0.308. The van der Waals surface area contributed by atoms with Crippen LogP contribution in [0.3, 0.4) is 0 Å². The molecule has 0 saturated heterocycles. The molecule has 0 aromatic rings. The van der Waals surface area contributed by atoms with E-state index in [1.807, 2.05) is 34.6 Å². The number of hydrogen-bond donors (Lipinski definition) is 1. The van der Waals surface area contributed by atoms with Gasteiger partial charge in [-0.1, -0.05) is 20.8 Å². The molecule has 0 aliphatic rings. The largest absolute Gasteiger partial charge is 0.377 e. The van der Waals surface area contributed by atoms with Crippen molar-refractivity contribution in [2.75, 3.05) is 13.2 Å². The minimum Gasteiger partial charge on any atom is -0.377 e. The maximum Gasteiger partial charge on any atom is 0.225 e. The molecule has 0 bridgehead atoms. The fraction of sp³-hybridized carbons (Fsp3) is 0.900. The molecule has 0 spiro atoms. The molecule has 1 amide bonds. The molecule has 0 aromatic carbocycles. The van der Waals surface area contributed by atoms with Gasteiger partial charge in [0.25, 0.3) is 0 Å². The summed E-state index contributed by atoms with van der Waals surface area (Å²) in [6.07, 6.45) is 0.228. The van der Waals surface area contributed by atoms with Gasteiger partial charge in [-0.3, -0.25) is 4.79 Å². The molecule has 0 aliphatic carbocycles. The maximum atomic E-state index is 11.3. The first-order chi connectivity index (χ1) is 5.84. The maximum absolute atomic E-state index is 11.3. The molecule has 0 fully saturated rings. The molecular weight excluding hydrogens is 166 g/mol. The molecule has 13 heavy (non-hydrogen) atoms. The van der Waals surface area contributed by atoms with Crippen LogP contribution >= 0.6 is 0 Å².